The molecule has 12 aromatic rings. The van der Waals surface area contributed by atoms with Gasteiger partial charge in [-0.1, -0.05) is 184 Å². The molecule has 3 aliphatic rings. The van der Waals surface area contributed by atoms with Gasteiger partial charge in [0.1, 0.15) is 0 Å². The van der Waals surface area contributed by atoms with Crippen LogP contribution in [0.1, 0.15) is 47.2 Å². The Morgan fingerprint density at radius 1 is 0.343 bits per heavy atom. The summed E-state index contributed by atoms with van der Waals surface area (Å²) in [6, 6.07) is 91.1. The van der Waals surface area contributed by atoms with Crippen molar-refractivity contribution in [2.75, 3.05) is 4.90 Å². The van der Waals surface area contributed by atoms with Crippen LogP contribution in [0.3, 0.4) is 0 Å². The summed E-state index contributed by atoms with van der Waals surface area (Å²) in [4.78, 5) is 2.54. The monoisotopic (exact) mass is 890 g/mol. The van der Waals surface area contributed by atoms with Gasteiger partial charge in [-0.3, -0.25) is 0 Å². The lowest BCUT2D eigenvalue weighted by molar-refractivity contribution is 0.660. The maximum atomic E-state index is 2.54. The predicted molar refractivity (Wildman–Crippen MR) is 292 cm³/mol. The summed E-state index contributed by atoms with van der Waals surface area (Å²) in [6.45, 7) is 4.77. The van der Waals surface area contributed by atoms with E-state index in [1.54, 1.807) is 0 Å². The molecule has 0 saturated heterocycles. The first-order chi connectivity index (χ1) is 34.5. The molecular formula is C68H46N2. The smallest absolute Gasteiger partial charge is 0.0726 e. The van der Waals surface area contributed by atoms with Crippen molar-refractivity contribution in [1.82, 2.24) is 4.57 Å². The van der Waals surface area contributed by atoms with Crippen LogP contribution >= 0.6 is 0 Å². The molecule has 328 valence electrons. The van der Waals surface area contributed by atoms with Crippen molar-refractivity contribution < 1.29 is 0 Å². The van der Waals surface area contributed by atoms with Gasteiger partial charge in [-0.15, -0.1) is 0 Å². The number of nitrogens with zero attached hydrogens (tertiary/aromatic N) is 2. The standard InChI is InChI=1S/C68H46N2/c1-67(2)57-25-12-8-21-50(57)52-37-36-49(42-61(52)67)69(48-34-31-43(32-35-48)46-33-38-64-56(40-46)53-23-11-15-29-63(53)70(64)47-19-4-3-5-20-47)65-30-16-28-60-66(65)54-24-10-14-27-59(54)68(60)58-26-13-9-22-51(58)55-39-44-17-6-7-18-45(44)41-62(55)68/h3-42H,1-2H3/t68-/m1/s1. The van der Waals surface area contributed by atoms with E-state index in [0.29, 0.717) is 0 Å². The largest absolute Gasteiger partial charge is 0.310 e. The minimum atomic E-state index is -0.489. The molecule has 3 aliphatic carbocycles. The maximum absolute atomic E-state index is 2.54. The molecular weight excluding hydrogens is 845 g/mol. The van der Waals surface area contributed by atoms with Crippen LogP contribution in [-0.4, -0.2) is 4.57 Å². The van der Waals surface area contributed by atoms with Crippen LogP contribution in [0.15, 0.2) is 243 Å². The number of para-hydroxylation sites is 2. The Morgan fingerprint density at radius 2 is 0.929 bits per heavy atom. The highest BCUT2D eigenvalue weighted by Gasteiger charge is 2.52. The molecule has 0 fully saturated rings. The molecule has 70 heavy (non-hydrogen) atoms. The van der Waals surface area contributed by atoms with E-state index in [-0.39, 0.29) is 5.41 Å². The summed E-state index contributed by atoms with van der Waals surface area (Å²) in [5.74, 6) is 0. The van der Waals surface area contributed by atoms with Crippen LogP contribution in [0.25, 0.3) is 82.8 Å². The Kier molecular flexibility index (Phi) is 8.08. The topological polar surface area (TPSA) is 8.17 Å². The van der Waals surface area contributed by atoms with Gasteiger partial charge in [0.2, 0.25) is 0 Å². The number of aromatic nitrogens is 1. The van der Waals surface area contributed by atoms with Crippen LogP contribution < -0.4 is 4.90 Å². The highest BCUT2D eigenvalue weighted by atomic mass is 15.1. The SMILES string of the molecule is CC1(C)c2ccccc2-c2ccc(N(c3ccc(-c4ccc5c(c4)c4ccccc4n5-c4ccccc4)cc3)c3cccc4c3-c3ccccc3[C@]43c4ccccc4-c4cc5ccccc5cc43)cc21. The molecule has 1 spiro atoms. The van der Waals surface area contributed by atoms with Crippen LogP contribution in [0.4, 0.5) is 17.1 Å². The Labute approximate surface area is 408 Å². The minimum absolute atomic E-state index is 0.158. The molecule has 1 atom stereocenters. The molecule has 0 N–H and O–H groups in total. The first-order valence-electron chi connectivity index (χ1n) is 24.6. The first-order valence-corrected chi connectivity index (χ1v) is 24.6. The van der Waals surface area contributed by atoms with Gasteiger partial charge in [-0.05, 0) is 156 Å². The van der Waals surface area contributed by atoms with Crippen molar-refractivity contribution in [3.63, 3.8) is 0 Å². The molecule has 0 amide bonds. The second-order valence-corrected chi connectivity index (χ2v) is 20.0. The number of anilines is 3. The molecule has 2 nitrogen and oxygen atoms in total. The van der Waals surface area contributed by atoms with Gasteiger partial charge in [0.25, 0.3) is 0 Å². The lowest BCUT2D eigenvalue weighted by Gasteiger charge is -2.32. The van der Waals surface area contributed by atoms with Gasteiger partial charge < -0.3 is 9.47 Å². The molecule has 0 saturated carbocycles. The van der Waals surface area contributed by atoms with Gasteiger partial charge in [0.05, 0.1) is 22.1 Å². The summed E-state index contributed by atoms with van der Waals surface area (Å²) >= 11 is 0. The molecule has 11 aromatic carbocycles. The van der Waals surface area contributed by atoms with E-state index in [1.807, 2.05) is 0 Å². The van der Waals surface area contributed by atoms with Crippen molar-refractivity contribution in [3.8, 4) is 50.2 Å². The normalized spacial score (nSPS) is 15.5. The Balaban J connectivity index is 0.944. The second kappa shape index (κ2) is 14.4. The summed E-state index contributed by atoms with van der Waals surface area (Å²) in [5, 5.41) is 5.04. The van der Waals surface area contributed by atoms with Crippen molar-refractivity contribution in [3.05, 3.63) is 276 Å². The summed E-state index contributed by atoms with van der Waals surface area (Å²) < 4.78 is 2.39. The number of hydrogen-bond donors (Lipinski definition) is 0. The number of fused-ring (bicyclic) bond motifs is 17. The van der Waals surface area contributed by atoms with Crippen molar-refractivity contribution in [2.45, 2.75) is 24.7 Å². The second-order valence-electron chi connectivity index (χ2n) is 20.0. The van der Waals surface area contributed by atoms with Crippen LogP contribution in [0.2, 0.25) is 0 Å². The molecule has 1 heterocycles. The fraction of sp³-hybridized carbons (Fsp3) is 0.0588. The summed E-state index contributed by atoms with van der Waals surface area (Å²) in [5.41, 5.74) is 24.7. The maximum Gasteiger partial charge on any atom is 0.0726 e. The van der Waals surface area contributed by atoms with E-state index in [2.05, 4.69) is 266 Å². The molecule has 1 aromatic heterocycles. The molecule has 15 rings (SSSR count). The first kappa shape index (κ1) is 39.3. The zero-order valence-electron chi connectivity index (χ0n) is 39.0. The van der Waals surface area contributed by atoms with E-state index < -0.39 is 5.41 Å². The Morgan fingerprint density at radius 3 is 1.73 bits per heavy atom. The van der Waals surface area contributed by atoms with Gasteiger partial charge in [0.15, 0.2) is 0 Å². The van der Waals surface area contributed by atoms with Crippen molar-refractivity contribution in [2.24, 2.45) is 0 Å². The van der Waals surface area contributed by atoms with Gasteiger partial charge in [-0.2, -0.15) is 0 Å². The van der Waals surface area contributed by atoms with Crippen LogP contribution in [0, 0.1) is 0 Å². The van der Waals surface area contributed by atoms with Crippen molar-refractivity contribution >= 4 is 49.6 Å². The van der Waals surface area contributed by atoms with Crippen LogP contribution in [0.5, 0.6) is 0 Å². The lowest BCUT2D eigenvalue weighted by Crippen LogP contribution is -2.26. The quantitative estimate of drug-likeness (QED) is 0.167. The minimum Gasteiger partial charge on any atom is -0.310 e. The fourth-order valence-electron chi connectivity index (χ4n) is 13.1. The highest BCUT2D eigenvalue weighted by Crippen LogP contribution is 2.65. The van der Waals surface area contributed by atoms with E-state index >= 15 is 0 Å². The van der Waals surface area contributed by atoms with Crippen molar-refractivity contribution in [1.29, 1.82) is 0 Å². The third-order valence-corrected chi connectivity index (χ3v) is 16.2. The average molecular weight is 891 g/mol. The van der Waals surface area contributed by atoms with E-state index in [4.69, 9.17) is 0 Å². The molecule has 2 heteroatoms. The van der Waals surface area contributed by atoms with Crippen LogP contribution in [-0.2, 0) is 10.8 Å². The third-order valence-electron chi connectivity index (χ3n) is 16.2. The van der Waals surface area contributed by atoms with Gasteiger partial charge >= 0.3 is 0 Å². The van der Waals surface area contributed by atoms with Gasteiger partial charge in [0, 0.05) is 38.8 Å². The average Bonchev–Trinajstić information content (AvgIpc) is 4.08. The predicted octanol–water partition coefficient (Wildman–Crippen LogP) is 17.7. The molecule has 0 aliphatic heterocycles. The van der Waals surface area contributed by atoms with E-state index in [9.17, 15) is 0 Å². The third kappa shape index (κ3) is 5.23. The zero-order valence-corrected chi connectivity index (χ0v) is 39.0. The Hall–Kier alpha value is -8.72. The molecule has 0 unspecified atom stereocenters. The zero-order chi connectivity index (χ0) is 46.3. The summed E-state index contributed by atoms with van der Waals surface area (Å²) in [6.07, 6.45) is 0. The fourth-order valence-corrected chi connectivity index (χ4v) is 13.1. The number of hydrogen-bond acceptors (Lipinski definition) is 1. The number of rotatable bonds is 5. The Bertz CT molecular complexity index is 4150. The lowest BCUT2D eigenvalue weighted by atomic mass is 9.70. The van der Waals surface area contributed by atoms with E-state index in [0.717, 1.165) is 11.4 Å². The number of benzene rings is 11. The molecule has 0 radical (unpaired) electrons. The van der Waals surface area contributed by atoms with E-state index in [1.165, 1.54) is 122 Å². The molecule has 0 bridgehead atoms. The highest BCUT2D eigenvalue weighted by molar-refractivity contribution is 6.11. The summed E-state index contributed by atoms with van der Waals surface area (Å²) in [7, 11) is 0. The van der Waals surface area contributed by atoms with Gasteiger partial charge in [-0.25, -0.2) is 0 Å².